The van der Waals surface area contributed by atoms with Gasteiger partial charge in [-0.3, -0.25) is 13.6 Å². The number of rotatable bonds is 0. The predicted octanol–water partition coefficient (Wildman–Crippen LogP) is 4.59. The summed E-state index contributed by atoms with van der Waals surface area (Å²) < 4.78 is 0. The molecule has 0 aromatic heterocycles. The van der Waals surface area contributed by atoms with E-state index in [1.807, 2.05) is 36.4 Å². The normalized spacial score (nSPS) is 6.68. The minimum Gasteiger partial charge on any atom is -0.545 e. The van der Waals surface area contributed by atoms with Gasteiger partial charge in [0, 0.05) is 49.5 Å². The minimum absolute atomic E-state index is 0. The van der Waals surface area contributed by atoms with E-state index in [0.717, 1.165) is 0 Å². The first-order valence-electron chi connectivity index (χ1n) is 6.70. The molecule has 0 N–H and O–H groups in total. The van der Waals surface area contributed by atoms with Gasteiger partial charge in [0.05, 0.1) is 0 Å². The van der Waals surface area contributed by atoms with Crippen molar-refractivity contribution < 1.29 is 59.1 Å². The van der Waals surface area contributed by atoms with E-state index in [1.165, 1.54) is 16.7 Å². The Bertz CT molecular complexity index is 437. The number of aryl methyl sites for hydroxylation is 3. The van der Waals surface area contributed by atoms with Crippen LogP contribution in [0, 0.1) is 20.8 Å². The van der Waals surface area contributed by atoms with Crippen molar-refractivity contribution in [3.05, 3.63) is 89.5 Å². The zero-order chi connectivity index (χ0) is 17.2. The third-order valence-electron chi connectivity index (χ3n) is 2.49. The molecule has 3 aromatic rings. The summed E-state index contributed by atoms with van der Waals surface area (Å²) in [5.74, 6) is 0. The molecule has 3 rings (SSSR count). The van der Waals surface area contributed by atoms with E-state index in [4.69, 9.17) is 9.59 Å². The minimum atomic E-state index is 0. The van der Waals surface area contributed by atoms with Crippen molar-refractivity contribution in [1.29, 1.82) is 0 Å². The van der Waals surface area contributed by atoms with Crippen LogP contribution in [0.4, 0.5) is 0 Å². The number of carbonyl (C=O) groups excluding carboxylic acids is 2. The van der Waals surface area contributed by atoms with Crippen LogP contribution < -0.4 is 0 Å². The first-order valence-corrected chi connectivity index (χ1v) is 6.70. The smallest absolute Gasteiger partial charge is 0 e. The molecule has 0 heterocycles. The SMILES string of the molecule is C[c-]1cccc1.C[c-]1cccc1.C[c-]1cccc1.[CH-]=O.[CH-]=O.[Ni].[Ni].[Ni]. The average Bonchev–Trinajstić information content (AvgIpc) is 3.30. The van der Waals surface area contributed by atoms with Crippen LogP contribution in [0.2, 0.25) is 0 Å². The van der Waals surface area contributed by atoms with E-state index in [0.29, 0.717) is 0 Å². The molecule has 0 saturated carbocycles. The monoisotopic (exact) mass is 469 g/mol. The fourth-order valence-electron chi connectivity index (χ4n) is 1.41. The summed E-state index contributed by atoms with van der Waals surface area (Å²) in [6, 6.07) is 24.7. The second-order valence-corrected chi connectivity index (χ2v) is 4.39. The van der Waals surface area contributed by atoms with Gasteiger partial charge >= 0.3 is 0 Å². The molecule has 0 amide bonds. The summed E-state index contributed by atoms with van der Waals surface area (Å²) in [4.78, 5) is 15.5. The fourth-order valence-corrected chi connectivity index (χ4v) is 1.41. The molecule has 0 spiro atoms. The van der Waals surface area contributed by atoms with Crippen LogP contribution in [-0.4, -0.2) is 13.6 Å². The molecule has 150 valence electrons. The topological polar surface area (TPSA) is 34.1 Å². The van der Waals surface area contributed by atoms with E-state index < -0.39 is 0 Å². The number of hydrogen-bond acceptors (Lipinski definition) is 2. The van der Waals surface area contributed by atoms with Crippen LogP contribution >= 0.6 is 0 Å². The maximum absolute atomic E-state index is 7.75. The zero-order valence-electron chi connectivity index (χ0n) is 14.3. The summed E-state index contributed by atoms with van der Waals surface area (Å²) in [5.41, 5.74) is 4.03. The summed E-state index contributed by atoms with van der Waals surface area (Å²) in [5, 5.41) is 0. The standard InChI is InChI=1S/3C6H7.2CHO.3Ni/c3*1-6-4-2-3-5-6;2*1-2;;;/h3*2-5H,1H3;2*1H;;;/q5*-1;;;. The second kappa shape index (κ2) is 27.7. The molecule has 0 atom stereocenters. The van der Waals surface area contributed by atoms with Crippen LogP contribution in [-0.2, 0) is 59.1 Å². The molecule has 0 saturated heterocycles. The van der Waals surface area contributed by atoms with E-state index in [1.54, 1.807) is 0 Å². The zero-order valence-corrected chi connectivity index (χ0v) is 17.3. The van der Waals surface area contributed by atoms with Crippen LogP contribution in [0.5, 0.6) is 0 Å². The van der Waals surface area contributed by atoms with E-state index in [2.05, 4.69) is 70.7 Å². The molecule has 0 bridgehead atoms. The van der Waals surface area contributed by atoms with Gasteiger partial charge in [-0.05, 0) is 0 Å². The van der Waals surface area contributed by atoms with Gasteiger partial charge in [0.2, 0.25) is 0 Å². The van der Waals surface area contributed by atoms with Gasteiger partial charge in [0.1, 0.15) is 0 Å². The Morgan fingerprint density at radius 2 is 0.560 bits per heavy atom. The van der Waals surface area contributed by atoms with Gasteiger partial charge in [0.25, 0.3) is 0 Å². The Labute approximate surface area is 182 Å². The molecule has 0 aliphatic rings. The third-order valence-corrected chi connectivity index (χ3v) is 2.49. The number of hydrogen-bond donors (Lipinski definition) is 0. The Morgan fingerprint density at radius 1 is 0.440 bits per heavy atom. The van der Waals surface area contributed by atoms with Crippen molar-refractivity contribution in [3.63, 3.8) is 0 Å². The van der Waals surface area contributed by atoms with Gasteiger partial charge in [-0.25, -0.2) is 36.4 Å². The first-order chi connectivity index (χ1) is 10.7. The van der Waals surface area contributed by atoms with E-state index >= 15 is 0 Å². The molecule has 3 aromatic carbocycles. The Morgan fingerprint density at radius 3 is 0.600 bits per heavy atom. The summed E-state index contributed by atoms with van der Waals surface area (Å²) >= 11 is 0. The maximum Gasteiger partial charge on any atom is 0 e. The van der Waals surface area contributed by atoms with Crippen LogP contribution in [0.25, 0.3) is 0 Å². The van der Waals surface area contributed by atoms with Crippen LogP contribution in [0.15, 0.2) is 72.8 Å². The largest absolute Gasteiger partial charge is 0.545 e. The Hall–Kier alpha value is -1.13. The Balaban J connectivity index is -0.0000000690. The Kier molecular flexibility index (Phi) is 38.9. The van der Waals surface area contributed by atoms with Crippen molar-refractivity contribution in [2.24, 2.45) is 0 Å². The summed E-state index contributed by atoms with van der Waals surface area (Å²) in [7, 11) is 0. The van der Waals surface area contributed by atoms with Gasteiger partial charge in [-0.2, -0.15) is 53.1 Å². The van der Waals surface area contributed by atoms with Crippen molar-refractivity contribution in [2.45, 2.75) is 20.8 Å². The molecule has 0 unspecified atom stereocenters. The molecular weight excluding hydrogens is 448 g/mol. The van der Waals surface area contributed by atoms with Gasteiger partial charge in [-0.1, -0.05) is 20.8 Å². The van der Waals surface area contributed by atoms with Gasteiger partial charge in [-0.15, -0.1) is 0 Å². The molecular formula is C20H23Ni3O2-5. The van der Waals surface area contributed by atoms with Gasteiger partial charge < -0.3 is 9.59 Å². The quantitative estimate of drug-likeness (QED) is 0.273. The summed E-state index contributed by atoms with van der Waals surface area (Å²) in [6.45, 7) is 12.8. The third kappa shape index (κ3) is 25.2. The molecule has 0 aliphatic carbocycles. The molecule has 0 fully saturated rings. The van der Waals surface area contributed by atoms with Crippen molar-refractivity contribution in [1.82, 2.24) is 0 Å². The predicted molar refractivity (Wildman–Crippen MR) is 93.8 cm³/mol. The molecule has 2 nitrogen and oxygen atoms in total. The summed E-state index contributed by atoms with van der Waals surface area (Å²) in [6.07, 6.45) is 0. The first kappa shape index (κ1) is 35.1. The average molecular weight is 471 g/mol. The van der Waals surface area contributed by atoms with E-state index in [9.17, 15) is 0 Å². The van der Waals surface area contributed by atoms with E-state index in [-0.39, 0.29) is 49.5 Å². The molecule has 0 radical (unpaired) electrons. The second-order valence-electron chi connectivity index (χ2n) is 4.39. The molecule has 0 aliphatic heterocycles. The maximum atomic E-state index is 7.75. The van der Waals surface area contributed by atoms with Crippen molar-refractivity contribution >= 4 is 13.6 Å². The molecule has 5 heteroatoms. The fraction of sp³-hybridized carbons (Fsp3) is 0.150. The van der Waals surface area contributed by atoms with Crippen LogP contribution in [0.3, 0.4) is 0 Å². The molecule has 25 heavy (non-hydrogen) atoms. The van der Waals surface area contributed by atoms with Crippen LogP contribution in [0.1, 0.15) is 16.7 Å². The van der Waals surface area contributed by atoms with Gasteiger partial charge in [0.15, 0.2) is 0 Å². The van der Waals surface area contributed by atoms with Crippen molar-refractivity contribution in [3.8, 4) is 0 Å². The van der Waals surface area contributed by atoms with Crippen molar-refractivity contribution in [2.75, 3.05) is 0 Å².